The van der Waals surface area contributed by atoms with Crippen LogP contribution in [-0.2, 0) is 4.79 Å². The number of carbonyl (C=O) groups is 1. The zero-order chi connectivity index (χ0) is 15.2. The molecule has 0 amide bonds. The molecule has 0 spiro atoms. The molecule has 0 aliphatic heterocycles. The highest BCUT2D eigenvalue weighted by molar-refractivity contribution is 6.20. The third-order valence-corrected chi connectivity index (χ3v) is 2.89. The average molecular weight is 285 g/mol. The molecule has 0 saturated carbocycles. The highest BCUT2D eigenvalue weighted by Gasteiger charge is 2.11. The fraction of sp³-hybridized carbons (Fsp3) is 0.125. The first-order valence-corrected chi connectivity index (χ1v) is 6.22. The largest absolute Gasteiger partial charge is 0.497 e. The van der Waals surface area contributed by atoms with Crippen LogP contribution in [0.3, 0.4) is 0 Å². The Morgan fingerprint density at radius 1 is 1.19 bits per heavy atom. The molecule has 0 atom stereocenters. The van der Waals surface area contributed by atoms with Crippen molar-refractivity contribution < 1.29 is 19.4 Å². The molecule has 5 heteroatoms. The second kappa shape index (κ2) is 6.56. The van der Waals surface area contributed by atoms with Gasteiger partial charge in [-0.3, -0.25) is 4.98 Å². The molecular weight excluding hydrogens is 270 g/mol. The lowest BCUT2D eigenvalue weighted by atomic mass is 10.0. The minimum atomic E-state index is -1.02. The number of aliphatic carboxylic acids is 1. The van der Waals surface area contributed by atoms with Crippen LogP contribution in [0.15, 0.2) is 42.7 Å². The van der Waals surface area contributed by atoms with Gasteiger partial charge in [0.2, 0.25) is 0 Å². The Hall–Kier alpha value is -2.82. The normalized spacial score (nSPS) is 11.0. The van der Waals surface area contributed by atoms with Crippen molar-refractivity contribution in [3.05, 3.63) is 53.9 Å². The first-order valence-electron chi connectivity index (χ1n) is 6.22. The summed E-state index contributed by atoms with van der Waals surface area (Å²) in [6, 6.07) is 8.59. The van der Waals surface area contributed by atoms with Gasteiger partial charge in [-0.1, -0.05) is 6.07 Å². The van der Waals surface area contributed by atoms with Gasteiger partial charge in [0.05, 0.1) is 19.8 Å². The van der Waals surface area contributed by atoms with Crippen LogP contribution in [0.4, 0.5) is 0 Å². The van der Waals surface area contributed by atoms with E-state index in [4.69, 9.17) is 9.47 Å². The summed E-state index contributed by atoms with van der Waals surface area (Å²) in [5.41, 5.74) is 1.36. The molecule has 21 heavy (non-hydrogen) atoms. The first kappa shape index (κ1) is 14.6. The molecule has 1 aromatic carbocycles. The summed E-state index contributed by atoms with van der Waals surface area (Å²) < 4.78 is 10.4. The number of hydrogen-bond donors (Lipinski definition) is 1. The Morgan fingerprint density at radius 3 is 2.33 bits per heavy atom. The molecule has 0 aliphatic rings. The third-order valence-electron chi connectivity index (χ3n) is 2.89. The fourth-order valence-corrected chi connectivity index (χ4v) is 1.87. The van der Waals surface area contributed by atoms with Crippen molar-refractivity contribution in [3.8, 4) is 11.5 Å². The molecule has 0 aliphatic carbocycles. The van der Waals surface area contributed by atoms with Crippen molar-refractivity contribution in [2.24, 2.45) is 0 Å². The van der Waals surface area contributed by atoms with Gasteiger partial charge < -0.3 is 14.6 Å². The summed E-state index contributed by atoms with van der Waals surface area (Å²) in [5, 5.41) is 9.38. The molecule has 0 unspecified atom stereocenters. The van der Waals surface area contributed by atoms with Gasteiger partial charge in [0.1, 0.15) is 11.5 Å². The molecule has 1 heterocycles. The number of carboxylic acids is 1. The van der Waals surface area contributed by atoms with Crippen LogP contribution in [0.2, 0.25) is 0 Å². The Morgan fingerprint density at radius 2 is 1.86 bits per heavy atom. The van der Waals surface area contributed by atoms with E-state index in [1.165, 1.54) is 6.20 Å². The maximum absolute atomic E-state index is 11.5. The van der Waals surface area contributed by atoms with E-state index in [1.807, 2.05) is 0 Å². The molecule has 2 rings (SSSR count). The molecule has 0 bridgehead atoms. The minimum Gasteiger partial charge on any atom is -0.497 e. The van der Waals surface area contributed by atoms with Crippen molar-refractivity contribution in [2.75, 3.05) is 14.2 Å². The Balaban J connectivity index is 2.50. The van der Waals surface area contributed by atoms with Gasteiger partial charge in [0.25, 0.3) is 0 Å². The predicted octanol–water partition coefficient (Wildman–Crippen LogP) is 2.72. The van der Waals surface area contributed by atoms with Gasteiger partial charge in [-0.05, 0) is 29.8 Å². The third kappa shape index (κ3) is 3.60. The second-order valence-corrected chi connectivity index (χ2v) is 4.25. The van der Waals surface area contributed by atoms with Crippen LogP contribution < -0.4 is 9.47 Å². The maximum Gasteiger partial charge on any atom is 0.336 e. The molecule has 0 saturated heterocycles. The molecule has 1 N–H and O–H groups in total. The van der Waals surface area contributed by atoms with Crippen LogP contribution in [0, 0.1) is 0 Å². The number of carboxylic acid groups (broad SMARTS) is 1. The monoisotopic (exact) mass is 285 g/mol. The van der Waals surface area contributed by atoms with E-state index in [2.05, 4.69) is 4.98 Å². The number of aromatic nitrogens is 1. The number of methoxy groups -OCH3 is 2. The molecule has 0 fully saturated rings. The number of pyridine rings is 1. The van der Waals surface area contributed by atoms with Gasteiger partial charge in [-0.15, -0.1) is 0 Å². The van der Waals surface area contributed by atoms with E-state index in [-0.39, 0.29) is 5.57 Å². The molecular formula is C16H15NO4. The Bertz CT molecular complexity index is 643. The standard InChI is InChI=1S/C16H15NO4/c1-20-13-6-11(7-14(9-13)21-2)8-15(16(18)19)12-4-3-5-17-10-12/h3-10H,1-2H3,(H,18,19)/b15-8+. The predicted molar refractivity (Wildman–Crippen MR) is 79.3 cm³/mol. The van der Waals surface area contributed by atoms with Crippen LogP contribution in [-0.4, -0.2) is 30.3 Å². The summed E-state index contributed by atoms with van der Waals surface area (Å²) in [5.74, 6) is 0.165. The average Bonchev–Trinajstić information content (AvgIpc) is 2.52. The second-order valence-electron chi connectivity index (χ2n) is 4.25. The number of hydrogen-bond acceptors (Lipinski definition) is 4. The zero-order valence-electron chi connectivity index (χ0n) is 11.7. The Kier molecular flexibility index (Phi) is 4.56. The van der Waals surface area contributed by atoms with Crippen molar-refractivity contribution >= 4 is 17.6 Å². The van der Waals surface area contributed by atoms with E-state index in [1.54, 1.807) is 56.8 Å². The molecule has 5 nitrogen and oxygen atoms in total. The van der Waals surface area contributed by atoms with Gasteiger partial charge in [0, 0.05) is 24.0 Å². The smallest absolute Gasteiger partial charge is 0.336 e. The number of benzene rings is 1. The van der Waals surface area contributed by atoms with E-state index in [0.29, 0.717) is 22.6 Å². The van der Waals surface area contributed by atoms with Crippen molar-refractivity contribution in [2.45, 2.75) is 0 Å². The fourth-order valence-electron chi connectivity index (χ4n) is 1.87. The quantitative estimate of drug-likeness (QED) is 0.855. The first-order chi connectivity index (χ1) is 10.1. The zero-order valence-corrected chi connectivity index (χ0v) is 11.7. The summed E-state index contributed by atoms with van der Waals surface area (Å²) >= 11 is 0. The SMILES string of the molecule is COc1cc(/C=C(/C(=O)O)c2cccnc2)cc(OC)c1. The van der Waals surface area contributed by atoms with Crippen molar-refractivity contribution in [1.29, 1.82) is 0 Å². The summed E-state index contributed by atoms with van der Waals surface area (Å²) in [6.07, 6.45) is 4.67. The van der Waals surface area contributed by atoms with Crippen molar-refractivity contribution in [3.63, 3.8) is 0 Å². The minimum absolute atomic E-state index is 0.151. The van der Waals surface area contributed by atoms with Crippen LogP contribution in [0.1, 0.15) is 11.1 Å². The van der Waals surface area contributed by atoms with Crippen LogP contribution in [0.5, 0.6) is 11.5 Å². The van der Waals surface area contributed by atoms with Crippen LogP contribution >= 0.6 is 0 Å². The lowest BCUT2D eigenvalue weighted by Gasteiger charge is -2.07. The molecule has 108 valence electrons. The van der Waals surface area contributed by atoms with Crippen LogP contribution in [0.25, 0.3) is 11.6 Å². The highest BCUT2D eigenvalue weighted by atomic mass is 16.5. The maximum atomic E-state index is 11.5. The Labute approximate surface area is 122 Å². The lowest BCUT2D eigenvalue weighted by molar-refractivity contribution is -0.130. The molecule has 1 aromatic heterocycles. The lowest BCUT2D eigenvalue weighted by Crippen LogP contribution is -2.00. The van der Waals surface area contributed by atoms with E-state index < -0.39 is 5.97 Å². The number of ether oxygens (including phenoxy) is 2. The summed E-state index contributed by atoms with van der Waals surface area (Å²) in [7, 11) is 3.09. The summed E-state index contributed by atoms with van der Waals surface area (Å²) in [4.78, 5) is 15.4. The van der Waals surface area contributed by atoms with Gasteiger partial charge >= 0.3 is 5.97 Å². The van der Waals surface area contributed by atoms with E-state index in [9.17, 15) is 9.90 Å². The van der Waals surface area contributed by atoms with Crippen molar-refractivity contribution in [1.82, 2.24) is 4.98 Å². The summed E-state index contributed by atoms with van der Waals surface area (Å²) in [6.45, 7) is 0. The van der Waals surface area contributed by atoms with E-state index in [0.717, 1.165) is 0 Å². The van der Waals surface area contributed by atoms with E-state index >= 15 is 0 Å². The van der Waals surface area contributed by atoms with Gasteiger partial charge in [-0.2, -0.15) is 0 Å². The highest BCUT2D eigenvalue weighted by Crippen LogP contribution is 2.26. The number of rotatable bonds is 5. The number of nitrogens with zero attached hydrogens (tertiary/aromatic N) is 1. The molecule has 0 radical (unpaired) electrons. The van der Waals surface area contributed by atoms with Gasteiger partial charge in [-0.25, -0.2) is 4.79 Å². The van der Waals surface area contributed by atoms with Gasteiger partial charge in [0.15, 0.2) is 0 Å². The molecule has 2 aromatic rings. The topological polar surface area (TPSA) is 68.7 Å².